The highest BCUT2D eigenvalue weighted by Crippen LogP contribution is 2.51. The number of nitrogens with zero attached hydrogens (tertiary/aromatic N) is 1. The van der Waals surface area contributed by atoms with Gasteiger partial charge in [0.25, 0.3) is 0 Å². The molecule has 0 bridgehead atoms. The molecule has 1 aliphatic carbocycles. The minimum Gasteiger partial charge on any atom is -0.456 e. The Morgan fingerprint density at radius 2 is 1.23 bits per heavy atom. The molecule has 0 N–H and O–H groups in total. The number of fused-ring (bicyclic) bond motifs is 7. The Morgan fingerprint density at radius 1 is 0.553 bits per heavy atom. The van der Waals surface area contributed by atoms with Gasteiger partial charge in [0.15, 0.2) is 0 Å². The number of anilines is 3. The van der Waals surface area contributed by atoms with E-state index in [0.717, 1.165) is 33.6 Å². The van der Waals surface area contributed by atoms with E-state index in [2.05, 4.69) is 176 Å². The van der Waals surface area contributed by atoms with Gasteiger partial charge in [-0.15, -0.1) is 0 Å². The van der Waals surface area contributed by atoms with Crippen LogP contribution in [0.1, 0.15) is 77.6 Å². The lowest BCUT2D eigenvalue weighted by atomic mass is 9.79. The molecule has 1 aliphatic rings. The molecule has 47 heavy (non-hydrogen) atoms. The van der Waals surface area contributed by atoms with Gasteiger partial charge in [-0.3, -0.25) is 0 Å². The van der Waals surface area contributed by atoms with Gasteiger partial charge in [-0.1, -0.05) is 128 Å². The zero-order chi connectivity index (χ0) is 32.9. The van der Waals surface area contributed by atoms with Crippen LogP contribution >= 0.6 is 0 Å². The zero-order valence-electron chi connectivity index (χ0n) is 28.8. The zero-order valence-corrected chi connectivity index (χ0v) is 28.8. The van der Waals surface area contributed by atoms with E-state index in [1.165, 1.54) is 49.5 Å². The van der Waals surface area contributed by atoms with Crippen molar-refractivity contribution in [3.63, 3.8) is 0 Å². The largest absolute Gasteiger partial charge is 0.456 e. The summed E-state index contributed by atoms with van der Waals surface area (Å²) in [4.78, 5) is 2.44. The first-order valence-corrected chi connectivity index (χ1v) is 16.9. The summed E-state index contributed by atoms with van der Waals surface area (Å²) in [7, 11) is 0. The second kappa shape index (κ2) is 10.1. The van der Waals surface area contributed by atoms with E-state index < -0.39 is 0 Å². The van der Waals surface area contributed by atoms with Gasteiger partial charge in [0.1, 0.15) is 11.2 Å². The summed E-state index contributed by atoms with van der Waals surface area (Å²) in [5.41, 5.74) is 13.2. The average Bonchev–Trinajstić information content (AvgIpc) is 3.52. The van der Waals surface area contributed by atoms with Gasteiger partial charge in [0.2, 0.25) is 0 Å². The maximum absolute atomic E-state index is 6.70. The van der Waals surface area contributed by atoms with Crippen molar-refractivity contribution in [2.24, 2.45) is 0 Å². The van der Waals surface area contributed by atoms with Crippen LogP contribution in [0.4, 0.5) is 17.1 Å². The van der Waals surface area contributed by atoms with E-state index in [1.807, 2.05) is 0 Å². The Hall–Kier alpha value is -4.82. The van der Waals surface area contributed by atoms with Gasteiger partial charge in [-0.05, 0) is 86.5 Å². The van der Waals surface area contributed by atoms with E-state index >= 15 is 0 Å². The summed E-state index contributed by atoms with van der Waals surface area (Å²) >= 11 is 0. The molecule has 0 aliphatic heterocycles. The van der Waals surface area contributed by atoms with Crippen molar-refractivity contribution in [3.8, 4) is 11.1 Å². The van der Waals surface area contributed by atoms with E-state index in [0.29, 0.717) is 0 Å². The van der Waals surface area contributed by atoms with Crippen LogP contribution in [0.25, 0.3) is 43.8 Å². The third-order valence-corrected chi connectivity index (χ3v) is 10.3. The lowest BCUT2D eigenvalue weighted by molar-refractivity contribution is 0.559. The van der Waals surface area contributed by atoms with E-state index in [-0.39, 0.29) is 16.2 Å². The van der Waals surface area contributed by atoms with Crippen LogP contribution in [0.2, 0.25) is 0 Å². The molecule has 0 atom stereocenters. The van der Waals surface area contributed by atoms with Crippen LogP contribution in [-0.4, -0.2) is 0 Å². The molecule has 234 valence electrons. The molecule has 0 fully saturated rings. The van der Waals surface area contributed by atoms with Crippen molar-refractivity contribution in [2.45, 2.75) is 71.6 Å². The molecule has 1 aromatic heterocycles. The summed E-state index contributed by atoms with van der Waals surface area (Å²) in [6.07, 6.45) is 0. The minimum absolute atomic E-state index is 0.0131. The third-order valence-electron chi connectivity index (χ3n) is 10.3. The second-order valence-electron chi connectivity index (χ2n) is 15.9. The van der Waals surface area contributed by atoms with Crippen molar-refractivity contribution in [1.29, 1.82) is 0 Å². The van der Waals surface area contributed by atoms with Crippen molar-refractivity contribution < 1.29 is 4.42 Å². The van der Waals surface area contributed by atoms with Crippen molar-refractivity contribution >= 4 is 49.8 Å². The smallest absolute Gasteiger partial charge is 0.139 e. The lowest BCUT2D eigenvalue weighted by Crippen LogP contribution is -2.16. The Labute approximate surface area is 278 Å². The molecule has 1 heterocycles. The van der Waals surface area contributed by atoms with Crippen molar-refractivity contribution in [2.75, 3.05) is 4.90 Å². The van der Waals surface area contributed by atoms with E-state index in [9.17, 15) is 0 Å². The summed E-state index contributed by atoms with van der Waals surface area (Å²) in [5, 5.41) is 4.78. The molecule has 0 saturated carbocycles. The van der Waals surface area contributed by atoms with Crippen LogP contribution in [0.3, 0.4) is 0 Å². The molecule has 0 spiro atoms. The number of hydrogen-bond acceptors (Lipinski definition) is 2. The maximum atomic E-state index is 6.70. The highest BCUT2D eigenvalue weighted by atomic mass is 16.3. The lowest BCUT2D eigenvalue weighted by Gasteiger charge is -2.29. The predicted octanol–water partition coefficient (Wildman–Crippen LogP) is 13.1. The highest BCUT2D eigenvalue weighted by molar-refractivity contribution is 6.09. The molecule has 0 saturated heterocycles. The van der Waals surface area contributed by atoms with Crippen LogP contribution in [-0.2, 0) is 16.2 Å². The van der Waals surface area contributed by atoms with Crippen LogP contribution < -0.4 is 4.90 Å². The van der Waals surface area contributed by atoms with Gasteiger partial charge < -0.3 is 9.32 Å². The van der Waals surface area contributed by atoms with Crippen LogP contribution in [0.15, 0.2) is 120 Å². The Morgan fingerprint density at radius 3 is 2.02 bits per heavy atom. The van der Waals surface area contributed by atoms with Gasteiger partial charge >= 0.3 is 0 Å². The Bertz CT molecular complexity index is 2350. The Kier molecular flexibility index (Phi) is 6.35. The maximum Gasteiger partial charge on any atom is 0.139 e. The number of rotatable bonds is 3. The molecule has 0 radical (unpaired) electrons. The van der Waals surface area contributed by atoms with Gasteiger partial charge in [-0.2, -0.15) is 0 Å². The van der Waals surface area contributed by atoms with E-state index in [4.69, 9.17) is 4.42 Å². The fraction of sp³-hybridized carbons (Fsp3) is 0.244. The minimum atomic E-state index is -0.0935. The molecule has 0 amide bonds. The quantitative estimate of drug-likeness (QED) is 0.197. The van der Waals surface area contributed by atoms with Gasteiger partial charge in [-0.25, -0.2) is 0 Å². The van der Waals surface area contributed by atoms with Crippen LogP contribution in [0, 0.1) is 0 Å². The molecular weight excluding hydrogens is 571 g/mol. The Balaban J connectivity index is 1.40. The molecule has 0 unspecified atom stereocenters. The highest BCUT2D eigenvalue weighted by Gasteiger charge is 2.36. The first-order valence-electron chi connectivity index (χ1n) is 16.9. The number of hydrogen-bond donors (Lipinski definition) is 0. The molecule has 8 rings (SSSR count). The summed E-state index contributed by atoms with van der Waals surface area (Å²) in [6.45, 7) is 18.4. The molecule has 2 heteroatoms. The standard InChI is InChI=1S/C45H43NO/c1-43(2,3)29-24-36-35-26-30(21-23-41(35)47-42(36)39(25-29)44(4,5)6)46(40-19-13-15-28-14-9-10-16-32(28)40)31-20-22-34-33-17-11-12-18-37(33)45(7,8)38(34)27-31/h9-27H,1-8H3. The first kappa shape index (κ1) is 29.6. The third kappa shape index (κ3) is 4.60. The molecule has 7 aromatic rings. The van der Waals surface area contributed by atoms with E-state index in [1.54, 1.807) is 0 Å². The summed E-state index contributed by atoms with van der Waals surface area (Å²) < 4.78 is 6.70. The second-order valence-corrected chi connectivity index (χ2v) is 15.9. The molecule has 6 aromatic carbocycles. The fourth-order valence-corrected chi connectivity index (χ4v) is 7.66. The van der Waals surface area contributed by atoms with Gasteiger partial charge in [0.05, 0.1) is 5.69 Å². The number of furan rings is 1. The average molecular weight is 614 g/mol. The van der Waals surface area contributed by atoms with Crippen molar-refractivity contribution in [3.05, 3.63) is 138 Å². The normalized spacial score (nSPS) is 14.1. The molecule has 2 nitrogen and oxygen atoms in total. The topological polar surface area (TPSA) is 16.4 Å². The van der Waals surface area contributed by atoms with Gasteiger partial charge in [0, 0.05) is 38.5 Å². The van der Waals surface area contributed by atoms with Crippen molar-refractivity contribution in [1.82, 2.24) is 0 Å². The first-order chi connectivity index (χ1) is 22.3. The summed E-state index contributed by atoms with van der Waals surface area (Å²) in [5.74, 6) is 0. The SMILES string of the molecule is CC(C)(C)c1cc(C(C)(C)C)c2oc3ccc(N(c4ccc5c(c4)C(C)(C)c4ccccc4-5)c4cccc5ccccc45)cc3c2c1. The summed E-state index contributed by atoms with van der Waals surface area (Å²) in [6, 6.07) is 42.7. The monoisotopic (exact) mass is 613 g/mol. The fourth-order valence-electron chi connectivity index (χ4n) is 7.66. The van der Waals surface area contributed by atoms with Crippen LogP contribution in [0.5, 0.6) is 0 Å². The molecular formula is C45H43NO. The number of benzene rings is 6. The predicted molar refractivity (Wildman–Crippen MR) is 201 cm³/mol.